The van der Waals surface area contributed by atoms with Crippen LogP contribution in [0.4, 0.5) is 0 Å². The summed E-state index contributed by atoms with van der Waals surface area (Å²) >= 11 is 0. The van der Waals surface area contributed by atoms with Crippen LogP contribution >= 0.6 is 0 Å². The zero-order valence-corrected chi connectivity index (χ0v) is 11.5. The van der Waals surface area contributed by atoms with Gasteiger partial charge in [-0.15, -0.1) is 0 Å². The van der Waals surface area contributed by atoms with Crippen LogP contribution in [0.25, 0.3) is 0 Å². The molecule has 0 bridgehead atoms. The zero-order chi connectivity index (χ0) is 12.8. The van der Waals surface area contributed by atoms with Gasteiger partial charge in [0.15, 0.2) is 0 Å². The van der Waals surface area contributed by atoms with Crippen LogP contribution in [0.3, 0.4) is 0 Å². The van der Waals surface area contributed by atoms with Crippen LogP contribution in [-0.4, -0.2) is 6.04 Å². The summed E-state index contributed by atoms with van der Waals surface area (Å²) in [6.45, 7) is 0. The lowest BCUT2D eigenvalue weighted by Crippen LogP contribution is -2.27. The molecule has 0 radical (unpaired) electrons. The summed E-state index contributed by atoms with van der Waals surface area (Å²) in [5.74, 6) is 2.36. The molecule has 100 valence electrons. The fourth-order valence-electron chi connectivity index (χ4n) is 4.52. The predicted octanol–water partition coefficient (Wildman–Crippen LogP) is 3.79. The quantitative estimate of drug-likeness (QED) is 0.797. The number of allylic oxidation sites excluding steroid dienone is 1. The van der Waals surface area contributed by atoms with E-state index < -0.39 is 0 Å². The molecule has 1 fully saturated rings. The van der Waals surface area contributed by atoms with E-state index in [0.717, 1.165) is 17.8 Å². The van der Waals surface area contributed by atoms with E-state index in [-0.39, 0.29) is 0 Å². The van der Waals surface area contributed by atoms with Crippen molar-refractivity contribution in [1.29, 1.82) is 0 Å². The van der Waals surface area contributed by atoms with Crippen LogP contribution in [-0.2, 0) is 6.42 Å². The molecular weight excluding hydrogens is 230 g/mol. The van der Waals surface area contributed by atoms with Gasteiger partial charge in [0.25, 0.3) is 0 Å². The molecule has 1 saturated carbocycles. The highest BCUT2D eigenvalue weighted by Gasteiger charge is 2.55. The van der Waals surface area contributed by atoms with Crippen molar-refractivity contribution in [3.05, 3.63) is 47.0 Å². The lowest BCUT2D eigenvalue weighted by Gasteiger charge is -2.20. The van der Waals surface area contributed by atoms with Gasteiger partial charge in [0, 0.05) is 6.04 Å². The molecule has 2 N–H and O–H groups in total. The van der Waals surface area contributed by atoms with Crippen LogP contribution in [0.5, 0.6) is 0 Å². The fraction of sp³-hybridized carbons (Fsp3) is 0.556. The number of hydrogen-bond donors (Lipinski definition) is 1. The van der Waals surface area contributed by atoms with E-state index >= 15 is 0 Å². The molecular formula is C18H23N. The monoisotopic (exact) mass is 253 g/mol. The van der Waals surface area contributed by atoms with E-state index in [2.05, 4.69) is 30.3 Å². The Labute approximate surface area is 115 Å². The lowest BCUT2D eigenvalue weighted by molar-refractivity contribution is 0.547. The third kappa shape index (κ3) is 1.87. The molecule has 0 heterocycles. The van der Waals surface area contributed by atoms with Crippen molar-refractivity contribution in [1.82, 2.24) is 0 Å². The van der Waals surface area contributed by atoms with Crippen molar-refractivity contribution in [2.75, 3.05) is 0 Å². The molecule has 1 aromatic carbocycles. The molecule has 19 heavy (non-hydrogen) atoms. The molecule has 4 atom stereocenters. The van der Waals surface area contributed by atoms with E-state index in [1.54, 1.807) is 16.7 Å². The Morgan fingerprint density at radius 2 is 2.00 bits per heavy atom. The van der Waals surface area contributed by atoms with Gasteiger partial charge in [-0.25, -0.2) is 0 Å². The number of aryl methyl sites for hydroxylation is 1. The van der Waals surface area contributed by atoms with Gasteiger partial charge < -0.3 is 5.73 Å². The Morgan fingerprint density at radius 3 is 2.84 bits per heavy atom. The van der Waals surface area contributed by atoms with E-state index in [9.17, 15) is 0 Å². The summed E-state index contributed by atoms with van der Waals surface area (Å²) in [5, 5.41) is 0. The van der Waals surface area contributed by atoms with E-state index in [0.29, 0.717) is 6.04 Å². The van der Waals surface area contributed by atoms with Gasteiger partial charge >= 0.3 is 0 Å². The molecule has 4 rings (SSSR count). The lowest BCUT2D eigenvalue weighted by atomic mass is 9.90. The van der Waals surface area contributed by atoms with Crippen molar-refractivity contribution >= 4 is 0 Å². The molecule has 0 amide bonds. The summed E-state index contributed by atoms with van der Waals surface area (Å²) in [7, 11) is 0. The van der Waals surface area contributed by atoms with Gasteiger partial charge in [0.2, 0.25) is 0 Å². The van der Waals surface area contributed by atoms with Crippen LogP contribution in [0.15, 0.2) is 35.9 Å². The third-order valence-corrected chi connectivity index (χ3v) is 5.56. The molecule has 1 heteroatoms. The Morgan fingerprint density at radius 1 is 1.11 bits per heavy atom. The van der Waals surface area contributed by atoms with Crippen molar-refractivity contribution in [2.24, 2.45) is 17.6 Å². The van der Waals surface area contributed by atoms with Gasteiger partial charge in [-0.3, -0.25) is 0 Å². The molecule has 3 aliphatic carbocycles. The van der Waals surface area contributed by atoms with E-state index in [1.807, 2.05) is 0 Å². The Hall–Kier alpha value is -1.08. The van der Waals surface area contributed by atoms with Gasteiger partial charge in [0.05, 0.1) is 0 Å². The molecule has 0 aromatic heterocycles. The molecule has 1 nitrogen and oxygen atoms in total. The van der Waals surface area contributed by atoms with Crippen LogP contribution in [0.2, 0.25) is 0 Å². The highest BCUT2D eigenvalue weighted by atomic mass is 14.7. The summed E-state index contributed by atoms with van der Waals surface area (Å²) in [6.07, 6.45) is 10.3. The first-order valence-electron chi connectivity index (χ1n) is 7.88. The standard InChI is InChI=1S/C18H23N/c19-18(13-7-2-1-3-8-13)17-15-11-10-12-6-4-5-9-14(12)16(15)17/h4-7,9,15-18H,1-3,8,10-11,19H2. The van der Waals surface area contributed by atoms with Crippen molar-refractivity contribution in [3.8, 4) is 0 Å². The first kappa shape index (κ1) is 11.7. The number of fused-ring (bicyclic) bond motifs is 3. The van der Waals surface area contributed by atoms with Crippen molar-refractivity contribution < 1.29 is 0 Å². The normalized spacial score (nSPS) is 33.9. The minimum absolute atomic E-state index is 0.335. The first-order valence-corrected chi connectivity index (χ1v) is 7.88. The second kappa shape index (κ2) is 4.49. The second-order valence-corrected chi connectivity index (χ2v) is 6.56. The predicted molar refractivity (Wildman–Crippen MR) is 79.0 cm³/mol. The van der Waals surface area contributed by atoms with Crippen molar-refractivity contribution in [3.63, 3.8) is 0 Å². The van der Waals surface area contributed by atoms with Crippen LogP contribution in [0, 0.1) is 11.8 Å². The Balaban J connectivity index is 1.58. The van der Waals surface area contributed by atoms with Gasteiger partial charge in [0.1, 0.15) is 0 Å². The molecule has 0 aliphatic heterocycles. The van der Waals surface area contributed by atoms with E-state index in [4.69, 9.17) is 5.73 Å². The van der Waals surface area contributed by atoms with Crippen LogP contribution < -0.4 is 5.73 Å². The average Bonchev–Trinajstić information content (AvgIpc) is 3.22. The maximum Gasteiger partial charge on any atom is 0.0291 e. The SMILES string of the molecule is NC(C1=CCCCC1)C1C2CCc3ccccc3C21. The molecule has 0 spiro atoms. The summed E-state index contributed by atoms with van der Waals surface area (Å²) in [6, 6.07) is 9.37. The first-order chi connectivity index (χ1) is 9.36. The molecule has 0 saturated heterocycles. The van der Waals surface area contributed by atoms with Crippen molar-refractivity contribution in [2.45, 2.75) is 50.5 Å². The topological polar surface area (TPSA) is 26.0 Å². The third-order valence-electron chi connectivity index (χ3n) is 5.56. The highest BCUT2D eigenvalue weighted by molar-refractivity contribution is 5.41. The number of rotatable bonds is 2. The molecule has 3 aliphatic rings. The summed E-state index contributed by atoms with van der Waals surface area (Å²) < 4.78 is 0. The Kier molecular flexibility index (Phi) is 2.77. The molecule has 1 aromatic rings. The molecule has 4 unspecified atom stereocenters. The average molecular weight is 253 g/mol. The second-order valence-electron chi connectivity index (χ2n) is 6.56. The van der Waals surface area contributed by atoms with Crippen LogP contribution in [0.1, 0.15) is 49.1 Å². The van der Waals surface area contributed by atoms with Gasteiger partial charge in [-0.1, -0.05) is 35.9 Å². The zero-order valence-electron chi connectivity index (χ0n) is 11.5. The maximum atomic E-state index is 6.60. The Bertz CT molecular complexity index is 516. The maximum absolute atomic E-state index is 6.60. The van der Waals surface area contributed by atoms with Gasteiger partial charge in [-0.05, 0) is 67.4 Å². The summed E-state index contributed by atoms with van der Waals surface area (Å²) in [4.78, 5) is 0. The fourth-order valence-corrected chi connectivity index (χ4v) is 4.52. The number of nitrogens with two attached hydrogens (primary N) is 1. The minimum atomic E-state index is 0.335. The number of benzene rings is 1. The smallest absolute Gasteiger partial charge is 0.0291 e. The minimum Gasteiger partial charge on any atom is -0.324 e. The summed E-state index contributed by atoms with van der Waals surface area (Å²) in [5.41, 5.74) is 11.3. The number of hydrogen-bond acceptors (Lipinski definition) is 1. The highest BCUT2D eigenvalue weighted by Crippen LogP contribution is 2.61. The van der Waals surface area contributed by atoms with Gasteiger partial charge in [-0.2, -0.15) is 0 Å². The largest absolute Gasteiger partial charge is 0.324 e. The van der Waals surface area contributed by atoms with E-state index in [1.165, 1.54) is 38.5 Å².